The van der Waals surface area contributed by atoms with Crippen LogP contribution >= 0.6 is 0 Å². The number of ether oxygens (including phenoxy) is 1. The number of carbonyl (C=O) groups is 1. The Morgan fingerprint density at radius 3 is 2.38 bits per heavy atom. The summed E-state index contributed by atoms with van der Waals surface area (Å²) in [5.41, 5.74) is 2.01. The molecule has 0 bridgehead atoms. The fourth-order valence-electron chi connectivity index (χ4n) is 3.37. The molecule has 0 aliphatic rings. The number of nitrogens with one attached hydrogen (secondary N) is 1. The molecule has 3 rings (SSSR count). The van der Waals surface area contributed by atoms with Crippen molar-refractivity contribution >= 4 is 5.91 Å². The number of hydrogen-bond acceptors (Lipinski definition) is 4. The number of nitrogens with zero attached hydrogens (tertiary/aromatic N) is 1. The smallest absolute Gasteiger partial charge is 0.254 e. The van der Waals surface area contributed by atoms with Crippen LogP contribution in [0.15, 0.2) is 60.7 Å². The van der Waals surface area contributed by atoms with Gasteiger partial charge in [-0.3, -0.25) is 4.79 Å². The van der Waals surface area contributed by atoms with Crippen molar-refractivity contribution in [2.45, 2.75) is 26.2 Å². The molecule has 0 aliphatic carbocycles. The standard InChI is InChI=1S/C25H22F2N2O3/c1-2-32-24(25(31)29-14-17-9-7-16(13-28)8-10-17)23-21(26)11-19(12-22(23)27)20-6-4-3-5-18(20)15-30/h3-12,24,30H,2,14-15H2,1H3,(H,29,31). The summed E-state index contributed by atoms with van der Waals surface area (Å²) in [6, 6.07) is 17.6. The lowest BCUT2D eigenvalue weighted by atomic mass is 9.96. The Morgan fingerprint density at radius 2 is 1.78 bits per heavy atom. The van der Waals surface area contributed by atoms with Crippen molar-refractivity contribution in [1.29, 1.82) is 5.26 Å². The SMILES string of the molecule is CCOC(C(=O)NCc1ccc(C#N)cc1)c1c(F)cc(-c2ccccc2CO)cc1F. The monoisotopic (exact) mass is 436 g/mol. The van der Waals surface area contributed by atoms with E-state index in [-0.39, 0.29) is 25.3 Å². The van der Waals surface area contributed by atoms with Crippen molar-refractivity contribution in [2.24, 2.45) is 0 Å². The zero-order chi connectivity index (χ0) is 23.1. The van der Waals surface area contributed by atoms with E-state index in [1.807, 2.05) is 6.07 Å². The molecule has 0 saturated heterocycles. The maximum atomic E-state index is 15.0. The molecular weight excluding hydrogens is 414 g/mol. The number of halogens is 2. The Morgan fingerprint density at radius 1 is 1.12 bits per heavy atom. The van der Waals surface area contributed by atoms with Crippen molar-refractivity contribution in [3.8, 4) is 17.2 Å². The summed E-state index contributed by atoms with van der Waals surface area (Å²) in [6.07, 6.45) is -1.47. The normalized spacial score (nSPS) is 11.6. The molecule has 5 nitrogen and oxygen atoms in total. The summed E-state index contributed by atoms with van der Waals surface area (Å²) in [6.45, 7) is 1.53. The van der Waals surface area contributed by atoms with Crippen molar-refractivity contribution in [3.63, 3.8) is 0 Å². The lowest BCUT2D eigenvalue weighted by Gasteiger charge is -2.19. The number of aliphatic hydroxyl groups is 1. The largest absolute Gasteiger partial charge is 0.392 e. The molecule has 1 amide bonds. The van der Waals surface area contributed by atoms with Crippen LogP contribution in [0.3, 0.4) is 0 Å². The molecule has 0 aromatic heterocycles. The Hall–Kier alpha value is -3.60. The second kappa shape index (κ2) is 10.6. The summed E-state index contributed by atoms with van der Waals surface area (Å²) in [7, 11) is 0. The predicted octanol–water partition coefficient (Wildman–Crippen LogP) is 4.39. The molecule has 0 aliphatic heterocycles. The topological polar surface area (TPSA) is 82.3 Å². The van der Waals surface area contributed by atoms with Crippen LogP contribution in [-0.2, 0) is 22.7 Å². The van der Waals surface area contributed by atoms with Gasteiger partial charge in [-0.15, -0.1) is 0 Å². The summed E-state index contributed by atoms with van der Waals surface area (Å²) in [4.78, 5) is 12.7. The number of aliphatic hydroxyl groups excluding tert-OH is 1. The molecule has 0 saturated carbocycles. The second-order valence-corrected chi connectivity index (χ2v) is 7.03. The highest BCUT2D eigenvalue weighted by atomic mass is 19.1. The lowest BCUT2D eigenvalue weighted by Crippen LogP contribution is -2.31. The van der Waals surface area contributed by atoms with E-state index >= 15 is 8.78 Å². The molecule has 0 radical (unpaired) electrons. The Kier molecular flexibility index (Phi) is 7.66. The predicted molar refractivity (Wildman–Crippen MR) is 115 cm³/mol. The highest BCUT2D eigenvalue weighted by molar-refractivity contribution is 5.82. The Balaban J connectivity index is 1.86. The van der Waals surface area contributed by atoms with E-state index in [1.165, 1.54) is 0 Å². The van der Waals surface area contributed by atoms with Crippen molar-refractivity contribution in [3.05, 3.63) is 94.6 Å². The van der Waals surface area contributed by atoms with E-state index in [0.717, 1.165) is 17.7 Å². The lowest BCUT2D eigenvalue weighted by molar-refractivity contribution is -0.133. The molecule has 1 unspecified atom stereocenters. The van der Waals surface area contributed by atoms with Gasteiger partial charge in [0.25, 0.3) is 5.91 Å². The van der Waals surface area contributed by atoms with Crippen molar-refractivity contribution in [2.75, 3.05) is 6.61 Å². The minimum atomic E-state index is -1.47. The van der Waals surface area contributed by atoms with Gasteiger partial charge in [0.2, 0.25) is 0 Å². The minimum absolute atomic E-state index is 0.0724. The van der Waals surface area contributed by atoms with Gasteiger partial charge in [0.1, 0.15) is 11.6 Å². The molecule has 0 spiro atoms. The average molecular weight is 436 g/mol. The van der Waals surface area contributed by atoms with Crippen LogP contribution in [0, 0.1) is 23.0 Å². The van der Waals surface area contributed by atoms with Crippen LogP contribution in [0.2, 0.25) is 0 Å². The molecule has 0 heterocycles. The van der Waals surface area contributed by atoms with Crippen LogP contribution in [-0.4, -0.2) is 17.6 Å². The van der Waals surface area contributed by atoms with Gasteiger partial charge in [-0.2, -0.15) is 5.26 Å². The molecule has 7 heteroatoms. The van der Waals surface area contributed by atoms with E-state index in [0.29, 0.717) is 16.7 Å². The third-order valence-corrected chi connectivity index (χ3v) is 4.96. The van der Waals surface area contributed by atoms with Crippen molar-refractivity contribution < 1.29 is 23.4 Å². The third kappa shape index (κ3) is 5.17. The van der Waals surface area contributed by atoms with Gasteiger partial charge in [-0.1, -0.05) is 36.4 Å². The number of rotatable bonds is 8. The van der Waals surface area contributed by atoms with E-state index in [9.17, 15) is 9.90 Å². The van der Waals surface area contributed by atoms with Crippen LogP contribution in [0.4, 0.5) is 8.78 Å². The zero-order valence-electron chi connectivity index (χ0n) is 17.4. The van der Waals surface area contributed by atoms with Gasteiger partial charge in [-0.25, -0.2) is 8.78 Å². The fraction of sp³-hybridized carbons (Fsp3) is 0.200. The number of amides is 1. The third-order valence-electron chi connectivity index (χ3n) is 4.96. The van der Waals surface area contributed by atoms with E-state index in [2.05, 4.69) is 5.32 Å². The maximum Gasteiger partial charge on any atom is 0.254 e. The molecule has 1 atom stereocenters. The summed E-state index contributed by atoms with van der Waals surface area (Å²) < 4.78 is 35.4. The Labute approximate surface area is 184 Å². The second-order valence-electron chi connectivity index (χ2n) is 7.03. The quantitative estimate of drug-likeness (QED) is 0.549. The first-order chi connectivity index (χ1) is 15.5. The molecular formula is C25H22F2N2O3. The van der Waals surface area contributed by atoms with E-state index in [4.69, 9.17) is 10.00 Å². The summed E-state index contributed by atoms with van der Waals surface area (Å²) >= 11 is 0. The summed E-state index contributed by atoms with van der Waals surface area (Å²) in [5, 5.41) is 21.0. The van der Waals surface area contributed by atoms with Gasteiger partial charge in [0.05, 0.1) is 23.8 Å². The van der Waals surface area contributed by atoms with Crippen LogP contribution < -0.4 is 5.32 Å². The van der Waals surface area contributed by atoms with Crippen LogP contribution in [0.1, 0.15) is 35.3 Å². The highest BCUT2D eigenvalue weighted by Gasteiger charge is 2.28. The number of benzene rings is 3. The van der Waals surface area contributed by atoms with E-state index in [1.54, 1.807) is 55.5 Å². The zero-order valence-corrected chi connectivity index (χ0v) is 17.4. The maximum absolute atomic E-state index is 15.0. The van der Waals surface area contributed by atoms with Gasteiger partial charge >= 0.3 is 0 Å². The Bertz CT molecular complexity index is 1120. The fourth-order valence-corrected chi connectivity index (χ4v) is 3.37. The number of nitriles is 1. The average Bonchev–Trinajstić information content (AvgIpc) is 2.81. The van der Waals surface area contributed by atoms with E-state index < -0.39 is 29.2 Å². The first kappa shape index (κ1) is 23.1. The van der Waals surface area contributed by atoms with Gasteiger partial charge < -0.3 is 15.2 Å². The first-order valence-electron chi connectivity index (χ1n) is 10.0. The van der Waals surface area contributed by atoms with Gasteiger partial charge in [0.15, 0.2) is 6.10 Å². The number of carbonyl (C=O) groups excluding carboxylic acids is 1. The molecule has 2 N–H and O–H groups in total. The molecule has 164 valence electrons. The van der Waals surface area contributed by atoms with Crippen LogP contribution in [0.5, 0.6) is 0 Å². The first-order valence-corrected chi connectivity index (χ1v) is 10.0. The van der Waals surface area contributed by atoms with Crippen molar-refractivity contribution in [1.82, 2.24) is 5.32 Å². The highest BCUT2D eigenvalue weighted by Crippen LogP contribution is 2.31. The summed E-state index contributed by atoms with van der Waals surface area (Å²) in [5.74, 6) is -2.52. The molecule has 3 aromatic carbocycles. The van der Waals surface area contributed by atoms with Gasteiger partial charge in [0, 0.05) is 13.2 Å². The molecule has 3 aromatic rings. The van der Waals surface area contributed by atoms with Crippen LogP contribution in [0.25, 0.3) is 11.1 Å². The minimum Gasteiger partial charge on any atom is -0.392 e. The number of hydrogen-bond donors (Lipinski definition) is 2. The van der Waals surface area contributed by atoms with Gasteiger partial charge in [-0.05, 0) is 53.4 Å². The molecule has 32 heavy (non-hydrogen) atoms. The molecule has 0 fully saturated rings.